The van der Waals surface area contributed by atoms with Crippen LogP contribution in [0.25, 0.3) is 291 Å². The lowest BCUT2D eigenvalue weighted by molar-refractivity contribution is 0.363. The predicted molar refractivity (Wildman–Crippen MR) is 326 cm³/mol. The van der Waals surface area contributed by atoms with Crippen LogP contribution in [0.3, 0.4) is 0 Å². The van der Waals surface area contributed by atoms with Crippen molar-refractivity contribution in [2.75, 3.05) is 0 Å². The fraction of sp³-hybridized carbons (Fsp3) is 0.0541. The average Bonchev–Trinajstić information content (AvgIpc) is 1.47. The SMILES string of the molecule is Cc1ccc(C(NS(=O)(=O)c2ccccc2)C23c4c5c6c7c8c9c(c%10c%11c2c2c4c4c%12c5c5c6c6c8c8c%13c9c9c%10c%10c%11c%11c2c2c4c4c%12c%12c5c5c6c8c6c8c%13c9c9c%10c%10c%11c2c2c4c4c%12c5c6c5c8c9c%10c2c45)C73)cc1. The Morgan fingerprint density at radius 3 is 0.821 bits per heavy atom. The summed E-state index contributed by atoms with van der Waals surface area (Å²) in [5, 5.41) is 83.7. The molecule has 30 aromatic carbocycles. The van der Waals surface area contributed by atoms with Gasteiger partial charge in [0.15, 0.2) is 0 Å². The third-order valence-corrected chi connectivity index (χ3v) is 27.8. The van der Waals surface area contributed by atoms with E-state index in [1.54, 1.807) is 206 Å². The topological polar surface area (TPSA) is 46.2 Å². The number of nitrogens with one attached hydrogen (secondary N) is 1. The summed E-state index contributed by atoms with van der Waals surface area (Å²) in [4.78, 5) is 0.325. The van der Waals surface area contributed by atoms with Crippen LogP contribution in [0.15, 0.2) is 59.5 Å². The van der Waals surface area contributed by atoms with Crippen molar-refractivity contribution in [3.8, 4) is 0 Å². The van der Waals surface area contributed by atoms with E-state index in [-0.39, 0.29) is 5.92 Å². The summed E-state index contributed by atoms with van der Waals surface area (Å²) >= 11 is 0. The Morgan fingerprint density at radius 1 is 0.308 bits per heavy atom. The van der Waals surface area contributed by atoms with Crippen LogP contribution < -0.4 is 4.72 Å². The van der Waals surface area contributed by atoms with E-state index in [2.05, 4.69) is 35.9 Å². The highest BCUT2D eigenvalue weighted by Crippen LogP contribution is 2.84. The van der Waals surface area contributed by atoms with Crippen molar-refractivity contribution in [1.82, 2.24) is 4.72 Å². The first-order valence-electron chi connectivity index (χ1n) is 28.5. The van der Waals surface area contributed by atoms with E-state index < -0.39 is 21.5 Å². The normalized spacial score (nSPS) is 20.4. The van der Waals surface area contributed by atoms with Crippen LogP contribution in [-0.4, -0.2) is 8.42 Å². The van der Waals surface area contributed by atoms with Gasteiger partial charge in [0.1, 0.15) is 0 Å². The van der Waals surface area contributed by atoms with Gasteiger partial charge in [-0.1, -0.05) is 48.0 Å². The molecule has 0 heterocycles. The lowest BCUT2D eigenvalue weighted by Crippen LogP contribution is -2.49. The van der Waals surface area contributed by atoms with E-state index in [1.165, 1.54) is 125 Å². The molecule has 4 aliphatic rings. The van der Waals surface area contributed by atoms with Gasteiger partial charge in [0.25, 0.3) is 0 Å². The van der Waals surface area contributed by atoms with Gasteiger partial charge in [-0.25, -0.2) is 13.1 Å². The van der Waals surface area contributed by atoms with Gasteiger partial charge in [-0.2, -0.15) is 0 Å². The molecule has 4 heteroatoms. The maximum absolute atomic E-state index is 16.0. The lowest BCUT2D eigenvalue weighted by atomic mass is 9.53. The van der Waals surface area contributed by atoms with E-state index in [0.29, 0.717) is 4.90 Å². The lowest BCUT2D eigenvalue weighted by Gasteiger charge is -2.50. The number of benzene rings is 20. The van der Waals surface area contributed by atoms with Crippen molar-refractivity contribution in [2.45, 2.75) is 29.2 Å². The molecular weight excluding hydrogens is 967 g/mol. The minimum atomic E-state index is -4.10. The van der Waals surface area contributed by atoms with Crippen LogP contribution in [0.1, 0.15) is 45.3 Å². The summed E-state index contributed by atoms with van der Waals surface area (Å²) in [5.41, 5.74) is 7.36. The maximum Gasteiger partial charge on any atom is 0.241 e. The van der Waals surface area contributed by atoms with E-state index in [0.717, 1.165) is 5.56 Å². The van der Waals surface area contributed by atoms with Gasteiger partial charge in [-0.3, -0.25) is 0 Å². The Hall–Kier alpha value is -9.19. The summed E-state index contributed by atoms with van der Waals surface area (Å²) in [5.74, 6) is -0.118. The highest BCUT2D eigenvalue weighted by atomic mass is 32.2. The standard InChI is InChI=1S/C74H15NO2S/c1-11-7-9-12(10-8-11)73(75-78(76,77)13-5-3-2-4-6-13)74-70-66-60-46-38-30-18-15-14-16-19(18)31-33-29-23(16)25-21-17(14)20-24-22(15)28-32(30)44(46)52-50-36(28)34(24)42-40-26(20)27(21)41-43-35(25)37(29)51-53-45(33)47(39(31)38)61(60)67(70)63(53)65-57(51)55(43)59-49(41)48(40)58-54(42)56(50)64(62(52)66)71(74)68(58)69(59)72(65)74/h2-10,70,73,75H,1H3. The first-order chi connectivity index (χ1) is 38.6. The average molecular weight is 982 g/mol. The molecule has 0 spiro atoms. The minimum absolute atomic E-state index is 0.118. The number of rotatable bonds is 5. The highest BCUT2D eigenvalue weighted by Gasteiger charge is 2.66. The van der Waals surface area contributed by atoms with Gasteiger partial charge in [0.2, 0.25) is 10.0 Å². The quantitative estimate of drug-likeness (QED) is 0.175. The maximum atomic E-state index is 16.0. The van der Waals surface area contributed by atoms with Crippen LogP contribution in [0, 0.1) is 6.92 Å². The zero-order chi connectivity index (χ0) is 47.4. The number of hydrogen-bond acceptors (Lipinski definition) is 2. The van der Waals surface area contributed by atoms with Gasteiger partial charge in [0.05, 0.1) is 16.4 Å². The predicted octanol–water partition coefficient (Wildman–Crippen LogP) is 19.2. The molecule has 0 radical (unpaired) electrons. The van der Waals surface area contributed by atoms with Crippen LogP contribution in [0.2, 0.25) is 0 Å². The molecule has 334 valence electrons. The smallest absolute Gasteiger partial charge is 0.207 e. The van der Waals surface area contributed by atoms with Gasteiger partial charge in [-0.15, -0.1) is 0 Å². The third-order valence-electron chi connectivity index (χ3n) is 26.4. The molecule has 0 saturated heterocycles. The van der Waals surface area contributed by atoms with Crippen molar-refractivity contribution in [1.29, 1.82) is 0 Å². The molecule has 0 amide bonds. The molecule has 1 unspecified atom stereocenters. The summed E-state index contributed by atoms with van der Waals surface area (Å²) in [6.45, 7) is 2.18. The molecule has 0 aliphatic heterocycles. The molecule has 0 saturated carbocycles. The van der Waals surface area contributed by atoms with Crippen molar-refractivity contribution in [3.63, 3.8) is 0 Å². The van der Waals surface area contributed by atoms with Crippen molar-refractivity contribution >= 4 is 301 Å². The molecule has 3 nitrogen and oxygen atoms in total. The number of sulfonamides is 1. The Bertz CT molecular complexity index is 7770. The van der Waals surface area contributed by atoms with Gasteiger partial charge in [-0.05, 0) is 338 Å². The Kier molecular flexibility index (Phi) is 2.97. The van der Waals surface area contributed by atoms with E-state index in [4.69, 9.17) is 0 Å². The van der Waals surface area contributed by atoms with Gasteiger partial charge in [0, 0.05) is 5.92 Å². The second kappa shape index (κ2) is 7.43. The molecule has 34 rings (SSSR count). The van der Waals surface area contributed by atoms with E-state index in [1.807, 2.05) is 18.2 Å². The summed E-state index contributed by atoms with van der Waals surface area (Å²) in [6.07, 6.45) is 0. The third kappa shape index (κ3) is 1.85. The zero-order valence-electron chi connectivity index (χ0n) is 40.1. The van der Waals surface area contributed by atoms with Crippen LogP contribution >= 0.6 is 0 Å². The number of hydrogen-bond donors (Lipinski definition) is 1. The first kappa shape index (κ1) is 31.1. The molecule has 1 N–H and O–H groups in total. The molecule has 78 heavy (non-hydrogen) atoms. The molecule has 0 fully saturated rings. The molecule has 4 aliphatic carbocycles. The minimum Gasteiger partial charge on any atom is -0.207 e. The second-order valence-electron chi connectivity index (χ2n) is 27.4. The Labute approximate surface area is 428 Å². The number of aryl methyl sites for hydroxylation is 1. The van der Waals surface area contributed by atoms with Crippen molar-refractivity contribution in [3.05, 3.63) is 88.0 Å². The highest BCUT2D eigenvalue weighted by molar-refractivity contribution is 7.89. The first-order valence-corrected chi connectivity index (χ1v) is 29.9. The fourth-order valence-electron chi connectivity index (χ4n) is 25.7. The van der Waals surface area contributed by atoms with Crippen LogP contribution in [0.4, 0.5) is 0 Å². The zero-order valence-corrected chi connectivity index (χ0v) is 40.9. The Morgan fingerprint density at radius 2 is 0.538 bits per heavy atom. The van der Waals surface area contributed by atoms with Gasteiger partial charge < -0.3 is 0 Å². The molecule has 30 aromatic rings. The van der Waals surface area contributed by atoms with Crippen LogP contribution in [-0.2, 0) is 15.4 Å². The molecular formula is C74H15NO2S. The molecule has 1 atom stereocenters. The largest absolute Gasteiger partial charge is 0.241 e. The van der Waals surface area contributed by atoms with Crippen molar-refractivity contribution < 1.29 is 8.42 Å². The summed E-state index contributed by atoms with van der Waals surface area (Å²) in [6, 6.07) is 17.8. The second-order valence-corrected chi connectivity index (χ2v) is 29.1. The Balaban J connectivity index is 1.06. The van der Waals surface area contributed by atoms with E-state index in [9.17, 15) is 0 Å². The molecule has 0 bridgehead atoms. The van der Waals surface area contributed by atoms with Crippen molar-refractivity contribution in [2.24, 2.45) is 0 Å². The van der Waals surface area contributed by atoms with E-state index >= 15 is 8.42 Å². The fourth-order valence-corrected chi connectivity index (χ4v) is 27.0. The monoisotopic (exact) mass is 981 g/mol. The molecule has 0 aromatic heterocycles. The summed E-state index contributed by atoms with van der Waals surface area (Å²) < 4.78 is 35.9. The summed E-state index contributed by atoms with van der Waals surface area (Å²) in [7, 11) is -4.10. The van der Waals surface area contributed by atoms with Crippen LogP contribution in [0.5, 0.6) is 0 Å². The van der Waals surface area contributed by atoms with Gasteiger partial charge >= 0.3 is 0 Å².